The number of nitrogens with one attached hydrogen (secondary N) is 2. The van der Waals surface area contributed by atoms with E-state index < -0.39 is 40.8 Å². The largest absolute Gasteiger partial charge is 0.486 e. The molecule has 4 aromatic rings. The van der Waals surface area contributed by atoms with Gasteiger partial charge in [-0.2, -0.15) is 5.26 Å². The van der Waals surface area contributed by atoms with Gasteiger partial charge in [0, 0.05) is 30.0 Å². The van der Waals surface area contributed by atoms with Crippen molar-refractivity contribution in [3.8, 4) is 23.2 Å². The lowest BCUT2D eigenvalue weighted by Crippen LogP contribution is -2.56. The molecule has 0 unspecified atom stereocenters. The summed E-state index contributed by atoms with van der Waals surface area (Å²) in [5.74, 6) is -3.79. The number of anilines is 3. The lowest BCUT2D eigenvalue weighted by Gasteiger charge is -2.40. The molecular weight excluding hydrogens is 621 g/mol. The summed E-state index contributed by atoms with van der Waals surface area (Å²) in [6, 6.07) is 13.0. The number of alkyl halides is 2. The number of aryl methyl sites for hydroxylation is 1. The molecule has 0 saturated carbocycles. The molecule has 44 heavy (non-hydrogen) atoms. The molecule has 10 nitrogen and oxygen atoms in total. The average Bonchev–Trinajstić information content (AvgIpc) is 3.30. The summed E-state index contributed by atoms with van der Waals surface area (Å²) in [4.78, 5) is 19.1. The summed E-state index contributed by atoms with van der Waals surface area (Å²) in [6.45, 7) is -1.12. The van der Waals surface area contributed by atoms with E-state index in [1.165, 1.54) is 59.8 Å². The molecule has 3 heterocycles. The zero-order valence-corrected chi connectivity index (χ0v) is 24.8. The monoisotopic (exact) mass is 644 g/mol. The fourth-order valence-corrected chi connectivity index (χ4v) is 5.41. The Morgan fingerprint density at radius 2 is 1.86 bits per heavy atom. The summed E-state index contributed by atoms with van der Waals surface area (Å²) >= 11 is 6.11. The quantitative estimate of drug-likeness (QED) is 0.249. The molecule has 2 aromatic heterocycles. The second-order valence-electron chi connectivity index (χ2n) is 10.3. The van der Waals surface area contributed by atoms with Gasteiger partial charge in [0.1, 0.15) is 23.9 Å². The van der Waals surface area contributed by atoms with Gasteiger partial charge in [-0.1, -0.05) is 11.6 Å². The normalized spacial score (nSPS) is 14.0. The van der Waals surface area contributed by atoms with Crippen molar-refractivity contribution in [3.05, 3.63) is 88.5 Å². The molecule has 0 radical (unpaired) electrons. The molecule has 1 saturated heterocycles. The highest BCUT2D eigenvalue weighted by atomic mass is 35.5. The third kappa shape index (κ3) is 7.24. The maximum atomic E-state index is 14.0. The van der Waals surface area contributed by atoms with Crippen LogP contribution in [0.4, 0.5) is 30.2 Å². The molecule has 1 aliphatic heterocycles. The van der Waals surface area contributed by atoms with Gasteiger partial charge in [-0.3, -0.25) is 9.52 Å². The van der Waals surface area contributed by atoms with Crippen LogP contribution in [-0.4, -0.2) is 49.1 Å². The van der Waals surface area contributed by atoms with Gasteiger partial charge < -0.3 is 19.5 Å². The number of halogens is 4. The highest BCUT2D eigenvalue weighted by molar-refractivity contribution is 7.92. The van der Waals surface area contributed by atoms with Crippen LogP contribution < -0.4 is 19.7 Å². The number of nitrogens with zero attached hydrogens (tertiary/aromatic N) is 4. The van der Waals surface area contributed by atoms with E-state index in [-0.39, 0.29) is 45.6 Å². The highest BCUT2D eigenvalue weighted by Gasteiger charge is 2.44. The molecule has 2 N–H and O–H groups in total. The van der Waals surface area contributed by atoms with Gasteiger partial charge in [0.05, 0.1) is 59.8 Å². The first-order chi connectivity index (χ1) is 20.7. The Kier molecular flexibility index (Phi) is 8.19. The standard InChI is InChI=1S/C29H24ClF3N6O4S/c1-38-13-19(28(40)36-22-7-20(30)8-23(9-22)37-44(2,41)42)6-25(38)27-26(10-24(12-35-27)39-15-29(32,33)16-39)43-14-18-3-17(11-34)4-21(31)5-18/h3-10,12-13,37H,14-16H2,1-2H3,(H,36,40). The van der Waals surface area contributed by atoms with Gasteiger partial charge in [0.2, 0.25) is 10.0 Å². The summed E-state index contributed by atoms with van der Waals surface area (Å²) in [7, 11) is -1.92. The topological polar surface area (TPSA) is 129 Å². The predicted molar refractivity (Wildman–Crippen MR) is 159 cm³/mol. The van der Waals surface area contributed by atoms with Crippen LogP contribution in [-0.2, 0) is 23.7 Å². The van der Waals surface area contributed by atoms with Crippen molar-refractivity contribution >= 4 is 44.6 Å². The summed E-state index contributed by atoms with van der Waals surface area (Å²) < 4.78 is 74.3. The first kappa shape index (κ1) is 30.7. The minimum atomic E-state index is -3.59. The number of amides is 1. The maximum Gasteiger partial charge on any atom is 0.282 e. The van der Waals surface area contributed by atoms with Crippen molar-refractivity contribution in [2.75, 3.05) is 34.3 Å². The van der Waals surface area contributed by atoms with Gasteiger partial charge in [0.15, 0.2) is 0 Å². The Morgan fingerprint density at radius 1 is 1.14 bits per heavy atom. The van der Waals surface area contributed by atoms with Crippen molar-refractivity contribution in [2.24, 2.45) is 7.05 Å². The number of carbonyl (C=O) groups excluding carboxylic acids is 1. The highest BCUT2D eigenvalue weighted by Crippen LogP contribution is 2.37. The van der Waals surface area contributed by atoms with Crippen LogP contribution in [0.3, 0.4) is 0 Å². The second-order valence-corrected chi connectivity index (χ2v) is 12.5. The average molecular weight is 645 g/mol. The van der Waals surface area contributed by atoms with E-state index >= 15 is 0 Å². The number of sulfonamides is 1. The number of hydrogen-bond donors (Lipinski definition) is 2. The molecule has 1 aliphatic rings. The van der Waals surface area contributed by atoms with E-state index in [2.05, 4.69) is 15.0 Å². The molecular formula is C29H24ClF3N6O4S. The molecule has 0 bridgehead atoms. The zero-order valence-electron chi connectivity index (χ0n) is 23.2. The Bertz CT molecular complexity index is 1920. The maximum absolute atomic E-state index is 14.0. The number of benzene rings is 2. The Hall–Kier alpha value is -4.74. The van der Waals surface area contributed by atoms with E-state index in [9.17, 15) is 31.6 Å². The van der Waals surface area contributed by atoms with Crippen LogP contribution >= 0.6 is 11.6 Å². The minimum absolute atomic E-state index is 0.107. The predicted octanol–water partition coefficient (Wildman–Crippen LogP) is 5.41. The molecule has 0 atom stereocenters. The summed E-state index contributed by atoms with van der Waals surface area (Å²) in [5.41, 5.74) is 2.19. The van der Waals surface area contributed by atoms with E-state index in [4.69, 9.17) is 16.3 Å². The van der Waals surface area contributed by atoms with Crippen LogP contribution in [0.15, 0.2) is 60.9 Å². The number of aromatic nitrogens is 2. The Morgan fingerprint density at radius 3 is 2.55 bits per heavy atom. The van der Waals surface area contributed by atoms with Crippen molar-refractivity contribution in [2.45, 2.75) is 12.5 Å². The summed E-state index contributed by atoms with van der Waals surface area (Å²) in [5, 5.41) is 12.0. The number of nitriles is 1. The first-order valence-corrected chi connectivity index (χ1v) is 15.2. The van der Waals surface area contributed by atoms with Gasteiger partial charge in [0.25, 0.3) is 11.8 Å². The molecule has 15 heteroatoms. The third-order valence-corrected chi connectivity index (χ3v) is 7.32. The van der Waals surface area contributed by atoms with Gasteiger partial charge in [-0.15, -0.1) is 0 Å². The number of pyridine rings is 1. The molecule has 1 amide bonds. The third-order valence-electron chi connectivity index (χ3n) is 6.50. The number of rotatable bonds is 9. The Labute approximate surface area is 255 Å². The fourth-order valence-electron chi connectivity index (χ4n) is 4.63. The van der Waals surface area contributed by atoms with Gasteiger partial charge in [-0.25, -0.2) is 26.6 Å². The van der Waals surface area contributed by atoms with E-state index in [0.29, 0.717) is 16.9 Å². The SMILES string of the molecule is Cn1cc(C(=O)Nc2cc(Cl)cc(NS(C)(=O)=O)c2)cc1-c1ncc(N2CC(F)(F)C2)cc1OCc1cc(F)cc(C#N)c1. The molecule has 0 aliphatic carbocycles. The van der Waals surface area contributed by atoms with Gasteiger partial charge in [-0.05, 0) is 48.0 Å². The molecule has 228 valence electrons. The first-order valence-electron chi connectivity index (χ1n) is 12.9. The van der Waals surface area contributed by atoms with Crippen LogP contribution in [0.5, 0.6) is 5.75 Å². The van der Waals surface area contributed by atoms with Gasteiger partial charge >= 0.3 is 0 Å². The molecule has 0 spiro atoms. The molecule has 2 aromatic carbocycles. The second kappa shape index (κ2) is 11.7. The lowest BCUT2D eigenvalue weighted by molar-refractivity contribution is -0.0263. The van der Waals surface area contributed by atoms with Crippen molar-refractivity contribution in [1.82, 2.24) is 9.55 Å². The number of carbonyl (C=O) groups is 1. The van der Waals surface area contributed by atoms with Crippen molar-refractivity contribution < 1.29 is 31.1 Å². The minimum Gasteiger partial charge on any atom is -0.486 e. The van der Waals surface area contributed by atoms with E-state index in [0.717, 1.165) is 12.3 Å². The number of ether oxygens (including phenoxy) is 1. The number of hydrogen-bond acceptors (Lipinski definition) is 7. The fraction of sp³-hybridized carbons (Fsp3) is 0.207. The van der Waals surface area contributed by atoms with E-state index in [1.54, 1.807) is 11.6 Å². The van der Waals surface area contributed by atoms with Crippen LogP contribution in [0, 0.1) is 17.1 Å². The van der Waals surface area contributed by atoms with Crippen molar-refractivity contribution in [3.63, 3.8) is 0 Å². The van der Waals surface area contributed by atoms with Crippen LogP contribution in [0.2, 0.25) is 5.02 Å². The summed E-state index contributed by atoms with van der Waals surface area (Å²) in [6.07, 6.45) is 3.94. The Balaban J connectivity index is 1.44. The molecule has 1 fully saturated rings. The van der Waals surface area contributed by atoms with E-state index in [1.807, 2.05) is 6.07 Å². The smallest absolute Gasteiger partial charge is 0.282 e. The zero-order chi connectivity index (χ0) is 31.8. The van der Waals surface area contributed by atoms with Crippen LogP contribution in [0.25, 0.3) is 11.4 Å². The van der Waals surface area contributed by atoms with Crippen molar-refractivity contribution in [1.29, 1.82) is 5.26 Å². The lowest BCUT2D eigenvalue weighted by atomic mass is 10.1. The van der Waals surface area contributed by atoms with Crippen LogP contribution in [0.1, 0.15) is 21.5 Å². The molecule has 5 rings (SSSR count).